The van der Waals surface area contributed by atoms with E-state index < -0.39 is 54.5 Å². The monoisotopic (exact) mass is 505 g/mol. The molecular weight excluding hydrogens is 466 g/mol. The lowest BCUT2D eigenvalue weighted by Gasteiger charge is -2.24. The van der Waals surface area contributed by atoms with Crippen molar-refractivity contribution in [1.29, 1.82) is 0 Å². The Morgan fingerprint density at radius 2 is 1.50 bits per heavy atom. The zero-order valence-electron chi connectivity index (χ0n) is 20.0. The number of aliphatic imine (C=N–C) groups is 1. The molecule has 0 fully saturated rings. The molecule has 0 aliphatic heterocycles. The van der Waals surface area contributed by atoms with E-state index in [-0.39, 0.29) is 31.3 Å². The highest BCUT2D eigenvalue weighted by atomic mass is 32.2. The predicted molar refractivity (Wildman–Crippen MR) is 131 cm³/mol. The first-order valence-electron chi connectivity index (χ1n) is 11.0. The van der Waals surface area contributed by atoms with Gasteiger partial charge in [-0.15, -0.1) is 0 Å². The van der Waals surface area contributed by atoms with E-state index in [0.29, 0.717) is 18.6 Å². The smallest absolute Gasteiger partial charge is 0.326 e. The molecular formula is C20H39N7O6S. The van der Waals surface area contributed by atoms with E-state index in [1.165, 1.54) is 11.8 Å². The van der Waals surface area contributed by atoms with Crippen molar-refractivity contribution >= 4 is 41.4 Å². The van der Waals surface area contributed by atoms with Gasteiger partial charge in [0.2, 0.25) is 17.7 Å². The highest BCUT2D eigenvalue weighted by Crippen LogP contribution is 2.06. The fraction of sp³-hybridized carbons (Fsp3) is 0.750. The van der Waals surface area contributed by atoms with Crippen LogP contribution in [-0.2, 0) is 19.2 Å². The molecule has 0 aromatic rings. The Kier molecular flexibility index (Phi) is 15.7. The van der Waals surface area contributed by atoms with Gasteiger partial charge in [0.15, 0.2) is 5.96 Å². The molecule has 34 heavy (non-hydrogen) atoms. The summed E-state index contributed by atoms with van der Waals surface area (Å²) in [7, 11) is 0. The third-order valence-corrected chi connectivity index (χ3v) is 5.33. The van der Waals surface area contributed by atoms with Crippen LogP contribution in [0.4, 0.5) is 0 Å². The Labute approximate surface area is 204 Å². The molecule has 0 radical (unpaired) electrons. The second kappa shape index (κ2) is 16.9. The number of carboxylic acids is 1. The van der Waals surface area contributed by atoms with Gasteiger partial charge < -0.3 is 43.4 Å². The van der Waals surface area contributed by atoms with Crippen LogP contribution >= 0.6 is 11.8 Å². The largest absolute Gasteiger partial charge is 0.480 e. The van der Waals surface area contributed by atoms with Gasteiger partial charge in [0.25, 0.3) is 0 Å². The number of carbonyl (C=O) groups excluding carboxylic acids is 3. The molecule has 11 N–H and O–H groups in total. The number of carbonyl (C=O) groups is 4. The number of thioether (sulfide) groups is 1. The summed E-state index contributed by atoms with van der Waals surface area (Å²) in [6, 6.07) is -4.49. The van der Waals surface area contributed by atoms with Crippen molar-refractivity contribution in [2.45, 2.75) is 63.7 Å². The Balaban J connectivity index is 5.36. The number of hydrogen-bond donors (Lipinski definition) is 8. The molecule has 3 amide bonds. The van der Waals surface area contributed by atoms with Gasteiger partial charge in [0.1, 0.15) is 18.1 Å². The van der Waals surface area contributed by atoms with E-state index in [1.54, 1.807) is 0 Å². The van der Waals surface area contributed by atoms with Gasteiger partial charge in [-0.05, 0) is 43.6 Å². The first-order chi connectivity index (χ1) is 15.9. The second-order valence-electron chi connectivity index (χ2n) is 8.17. The minimum atomic E-state index is -1.34. The zero-order chi connectivity index (χ0) is 26.3. The summed E-state index contributed by atoms with van der Waals surface area (Å²) in [6.07, 6.45) is 2.77. The Hall–Kier alpha value is -2.58. The van der Waals surface area contributed by atoms with Crippen molar-refractivity contribution in [3.05, 3.63) is 0 Å². The van der Waals surface area contributed by atoms with Crippen molar-refractivity contribution in [3.8, 4) is 0 Å². The standard InChI is InChI=1S/C20H39N7O6S/c1-11(2)9-12(21)16(29)27-15(10-28)18(31)25-13(5-4-7-24-20(22)23)17(30)26-14(19(32)33)6-8-34-3/h11-15,28H,4-10,21H2,1-3H3,(H,25,31)(H,26,30)(H,27,29)(H,32,33)(H4,22,23,24). The van der Waals surface area contributed by atoms with E-state index in [9.17, 15) is 29.4 Å². The van der Waals surface area contributed by atoms with Crippen LogP contribution in [0.1, 0.15) is 39.5 Å². The molecule has 13 nitrogen and oxygen atoms in total. The number of rotatable bonds is 17. The van der Waals surface area contributed by atoms with Crippen LogP contribution in [-0.4, -0.2) is 89.2 Å². The summed E-state index contributed by atoms with van der Waals surface area (Å²) >= 11 is 1.43. The van der Waals surface area contributed by atoms with Crippen molar-refractivity contribution in [1.82, 2.24) is 16.0 Å². The maximum Gasteiger partial charge on any atom is 0.326 e. The summed E-state index contributed by atoms with van der Waals surface area (Å²) in [6.45, 7) is 3.23. The second-order valence-corrected chi connectivity index (χ2v) is 9.16. The van der Waals surface area contributed by atoms with E-state index in [0.717, 1.165) is 0 Å². The third kappa shape index (κ3) is 13.2. The van der Waals surface area contributed by atoms with Gasteiger partial charge in [-0.25, -0.2) is 4.79 Å². The Bertz CT molecular complexity index is 703. The van der Waals surface area contributed by atoms with Crippen LogP contribution in [0, 0.1) is 5.92 Å². The fourth-order valence-corrected chi connectivity index (χ4v) is 3.37. The first-order valence-corrected chi connectivity index (χ1v) is 12.4. The summed E-state index contributed by atoms with van der Waals surface area (Å²) in [5.74, 6) is -2.82. The molecule has 0 spiro atoms. The van der Waals surface area contributed by atoms with Crippen molar-refractivity contribution in [2.24, 2.45) is 28.1 Å². The number of hydrogen-bond acceptors (Lipinski definition) is 8. The molecule has 0 aromatic carbocycles. The van der Waals surface area contributed by atoms with Gasteiger partial charge in [-0.1, -0.05) is 13.8 Å². The van der Waals surface area contributed by atoms with Crippen LogP contribution in [0.3, 0.4) is 0 Å². The van der Waals surface area contributed by atoms with E-state index in [4.69, 9.17) is 17.2 Å². The van der Waals surface area contributed by atoms with E-state index >= 15 is 0 Å². The van der Waals surface area contributed by atoms with Crippen LogP contribution < -0.4 is 33.2 Å². The number of aliphatic hydroxyl groups excluding tert-OH is 1. The van der Waals surface area contributed by atoms with Gasteiger partial charge in [-0.2, -0.15) is 11.8 Å². The summed E-state index contributed by atoms with van der Waals surface area (Å²) in [5, 5.41) is 26.3. The molecule has 0 aliphatic carbocycles. The first kappa shape index (κ1) is 31.4. The Morgan fingerprint density at radius 1 is 0.941 bits per heavy atom. The molecule has 0 rings (SSSR count). The minimum absolute atomic E-state index is 0.0855. The van der Waals surface area contributed by atoms with Gasteiger partial charge in [0.05, 0.1) is 12.6 Å². The number of aliphatic hydroxyl groups is 1. The lowest BCUT2D eigenvalue weighted by molar-refractivity contribution is -0.142. The molecule has 0 saturated carbocycles. The van der Waals surface area contributed by atoms with Crippen LogP contribution in [0.5, 0.6) is 0 Å². The van der Waals surface area contributed by atoms with Gasteiger partial charge in [0, 0.05) is 6.54 Å². The zero-order valence-corrected chi connectivity index (χ0v) is 20.8. The number of amides is 3. The minimum Gasteiger partial charge on any atom is -0.480 e. The van der Waals surface area contributed by atoms with Gasteiger partial charge in [-0.3, -0.25) is 19.4 Å². The van der Waals surface area contributed by atoms with Crippen LogP contribution in [0.2, 0.25) is 0 Å². The number of aliphatic carboxylic acids is 1. The predicted octanol–water partition coefficient (Wildman–Crippen LogP) is -2.30. The highest BCUT2D eigenvalue weighted by Gasteiger charge is 2.30. The molecule has 0 saturated heterocycles. The Morgan fingerprint density at radius 3 is 2.00 bits per heavy atom. The van der Waals surface area contributed by atoms with Crippen molar-refractivity contribution in [3.63, 3.8) is 0 Å². The average Bonchev–Trinajstić information content (AvgIpc) is 2.75. The van der Waals surface area contributed by atoms with E-state index in [2.05, 4.69) is 20.9 Å². The molecule has 196 valence electrons. The number of nitrogens with zero attached hydrogens (tertiary/aromatic N) is 1. The SMILES string of the molecule is CSCCC(NC(=O)C(CCCN=C(N)N)NC(=O)C(CO)NC(=O)C(N)CC(C)C)C(=O)O. The lowest BCUT2D eigenvalue weighted by Crippen LogP contribution is -2.58. The number of guanidine groups is 1. The number of carboxylic acid groups (broad SMARTS) is 1. The molecule has 4 atom stereocenters. The number of nitrogens with one attached hydrogen (secondary N) is 3. The molecule has 0 aromatic heterocycles. The molecule has 0 heterocycles. The summed E-state index contributed by atoms with van der Waals surface area (Å²) in [4.78, 5) is 53.1. The number of nitrogens with two attached hydrogens (primary N) is 3. The fourth-order valence-electron chi connectivity index (χ4n) is 2.90. The normalized spacial score (nSPS) is 14.4. The van der Waals surface area contributed by atoms with Crippen molar-refractivity contribution in [2.75, 3.05) is 25.2 Å². The maximum atomic E-state index is 12.8. The molecule has 4 unspecified atom stereocenters. The van der Waals surface area contributed by atoms with Crippen LogP contribution in [0.25, 0.3) is 0 Å². The lowest BCUT2D eigenvalue weighted by atomic mass is 10.0. The average molecular weight is 506 g/mol. The highest BCUT2D eigenvalue weighted by molar-refractivity contribution is 7.98. The molecule has 0 aliphatic rings. The summed E-state index contributed by atoms with van der Waals surface area (Å²) < 4.78 is 0. The topological polar surface area (TPSA) is 235 Å². The maximum absolute atomic E-state index is 12.8. The molecule has 14 heteroatoms. The van der Waals surface area contributed by atoms with E-state index in [1.807, 2.05) is 20.1 Å². The summed E-state index contributed by atoms with van der Waals surface area (Å²) in [5.41, 5.74) is 16.4. The quantitative estimate of drug-likeness (QED) is 0.0597. The van der Waals surface area contributed by atoms with Crippen LogP contribution in [0.15, 0.2) is 4.99 Å². The van der Waals surface area contributed by atoms with Crippen molar-refractivity contribution < 1.29 is 29.4 Å². The third-order valence-electron chi connectivity index (χ3n) is 4.68. The van der Waals surface area contributed by atoms with Gasteiger partial charge >= 0.3 is 5.97 Å². The molecule has 0 bridgehead atoms.